The predicted molar refractivity (Wildman–Crippen MR) is 32.3 cm³/mol. The molecule has 0 aromatic rings. The van der Waals surface area contributed by atoms with Crippen LogP contribution in [-0.2, 0) is 4.79 Å². The SMILES string of the molecule is O=C(O)C1C(CO)=C1CO. The Hall–Kier alpha value is -0.870. The fourth-order valence-corrected chi connectivity index (χ4v) is 1.00. The predicted octanol–water partition coefficient (Wildman–Crippen LogP) is -1.02. The summed E-state index contributed by atoms with van der Waals surface area (Å²) in [5.74, 6) is -1.68. The lowest BCUT2D eigenvalue weighted by Gasteiger charge is -1.88. The van der Waals surface area contributed by atoms with Crippen LogP contribution in [0.2, 0.25) is 0 Å². The van der Waals surface area contributed by atoms with Crippen molar-refractivity contribution in [2.75, 3.05) is 13.2 Å². The van der Waals surface area contributed by atoms with Crippen LogP contribution in [0.4, 0.5) is 0 Å². The highest BCUT2D eigenvalue weighted by Gasteiger charge is 2.40. The molecule has 0 saturated carbocycles. The standard InChI is InChI=1S/C6H8O4/c7-1-3-4(2-8)5(3)6(9)10/h5,7-8H,1-2H2,(H,9,10). The molecule has 1 aliphatic rings. The molecule has 1 aliphatic carbocycles. The summed E-state index contributed by atoms with van der Waals surface area (Å²) in [4.78, 5) is 10.2. The summed E-state index contributed by atoms with van der Waals surface area (Å²) >= 11 is 0. The van der Waals surface area contributed by atoms with E-state index in [9.17, 15) is 4.79 Å². The summed E-state index contributed by atoms with van der Waals surface area (Å²) < 4.78 is 0. The molecule has 0 radical (unpaired) electrons. The molecule has 3 N–H and O–H groups in total. The molecule has 10 heavy (non-hydrogen) atoms. The lowest BCUT2D eigenvalue weighted by atomic mass is 10.3. The van der Waals surface area contributed by atoms with Gasteiger partial charge in [-0.1, -0.05) is 0 Å². The summed E-state index contributed by atoms with van der Waals surface area (Å²) in [6.45, 7) is -0.514. The largest absolute Gasteiger partial charge is 0.481 e. The van der Waals surface area contributed by atoms with E-state index in [4.69, 9.17) is 15.3 Å². The van der Waals surface area contributed by atoms with Gasteiger partial charge in [0, 0.05) is 0 Å². The van der Waals surface area contributed by atoms with Crippen LogP contribution in [0.5, 0.6) is 0 Å². The molecule has 0 bridgehead atoms. The van der Waals surface area contributed by atoms with Crippen LogP contribution in [0.1, 0.15) is 0 Å². The minimum atomic E-state index is -0.992. The van der Waals surface area contributed by atoms with Crippen LogP contribution in [0.15, 0.2) is 11.1 Å². The monoisotopic (exact) mass is 144 g/mol. The lowest BCUT2D eigenvalue weighted by Crippen LogP contribution is -2.04. The maximum Gasteiger partial charge on any atom is 0.314 e. The molecule has 0 aromatic heterocycles. The molecule has 0 aliphatic heterocycles. The summed E-state index contributed by atoms with van der Waals surface area (Å²) in [7, 11) is 0. The molecular formula is C6H8O4. The fraction of sp³-hybridized carbons (Fsp3) is 0.500. The Morgan fingerprint density at radius 2 is 1.70 bits per heavy atom. The van der Waals surface area contributed by atoms with Gasteiger partial charge in [0.25, 0.3) is 0 Å². The number of aliphatic hydroxyl groups is 2. The second-order valence-electron chi connectivity index (χ2n) is 2.14. The van der Waals surface area contributed by atoms with Crippen LogP contribution in [-0.4, -0.2) is 34.5 Å². The first kappa shape index (κ1) is 7.24. The number of carbonyl (C=O) groups is 1. The van der Waals surface area contributed by atoms with Crippen LogP contribution >= 0.6 is 0 Å². The maximum absolute atomic E-state index is 10.2. The van der Waals surface area contributed by atoms with E-state index >= 15 is 0 Å². The van der Waals surface area contributed by atoms with Crippen LogP contribution in [0.3, 0.4) is 0 Å². The zero-order chi connectivity index (χ0) is 7.72. The normalized spacial score (nSPS) is 17.8. The first-order valence-corrected chi connectivity index (χ1v) is 2.88. The molecule has 4 heteroatoms. The van der Waals surface area contributed by atoms with Gasteiger partial charge in [0.2, 0.25) is 0 Å². The van der Waals surface area contributed by atoms with E-state index < -0.39 is 11.9 Å². The number of carboxylic acid groups (broad SMARTS) is 1. The van der Waals surface area contributed by atoms with Crippen molar-refractivity contribution in [3.8, 4) is 0 Å². The molecule has 56 valence electrons. The molecule has 0 spiro atoms. The molecule has 0 heterocycles. The zero-order valence-electron chi connectivity index (χ0n) is 5.24. The van der Waals surface area contributed by atoms with Crippen molar-refractivity contribution >= 4 is 5.97 Å². The fourth-order valence-electron chi connectivity index (χ4n) is 1.00. The first-order chi connectivity index (χ1) is 4.72. The van der Waals surface area contributed by atoms with Crippen molar-refractivity contribution in [3.05, 3.63) is 11.1 Å². The highest BCUT2D eigenvalue weighted by molar-refractivity contribution is 5.84. The zero-order valence-corrected chi connectivity index (χ0v) is 5.24. The number of aliphatic hydroxyl groups excluding tert-OH is 2. The molecule has 0 saturated heterocycles. The van der Waals surface area contributed by atoms with Gasteiger partial charge in [0.15, 0.2) is 0 Å². The average Bonchev–Trinajstić information content (AvgIpc) is 2.60. The summed E-state index contributed by atoms with van der Waals surface area (Å²) in [5, 5.41) is 25.4. The van der Waals surface area contributed by atoms with Crippen LogP contribution in [0, 0.1) is 5.92 Å². The summed E-state index contributed by atoms with van der Waals surface area (Å²) in [6.07, 6.45) is 0. The quantitative estimate of drug-likeness (QED) is 0.443. The number of carboxylic acids is 1. The van der Waals surface area contributed by atoms with E-state index in [0.29, 0.717) is 11.1 Å². The third-order valence-electron chi connectivity index (χ3n) is 1.61. The van der Waals surface area contributed by atoms with Gasteiger partial charge in [-0.25, -0.2) is 0 Å². The smallest absolute Gasteiger partial charge is 0.314 e. The van der Waals surface area contributed by atoms with Gasteiger partial charge in [-0.2, -0.15) is 0 Å². The van der Waals surface area contributed by atoms with Gasteiger partial charge < -0.3 is 15.3 Å². The maximum atomic E-state index is 10.2. The molecule has 0 atom stereocenters. The Bertz CT molecular complexity index is 180. The van der Waals surface area contributed by atoms with Gasteiger partial charge >= 0.3 is 5.97 Å². The van der Waals surface area contributed by atoms with Gasteiger partial charge in [0.1, 0.15) is 5.92 Å². The van der Waals surface area contributed by atoms with Crippen molar-refractivity contribution < 1.29 is 20.1 Å². The van der Waals surface area contributed by atoms with Crippen LogP contribution < -0.4 is 0 Å². The molecule has 0 aromatic carbocycles. The van der Waals surface area contributed by atoms with E-state index in [0.717, 1.165) is 0 Å². The Kier molecular flexibility index (Phi) is 1.74. The van der Waals surface area contributed by atoms with Crippen molar-refractivity contribution in [3.63, 3.8) is 0 Å². The van der Waals surface area contributed by atoms with Gasteiger partial charge in [0.05, 0.1) is 13.2 Å². The first-order valence-electron chi connectivity index (χ1n) is 2.88. The molecule has 0 amide bonds. The Labute approximate surface area is 57.4 Å². The van der Waals surface area contributed by atoms with Crippen molar-refractivity contribution in [2.45, 2.75) is 0 Å². The number of hydrogen-bond donors (Lipinski definition) is 3. The van der Waals surface area contributed by atoms with E-state index in [2.05, 4.69) is 0 Å². The second kappa shape index (κ2) is 2.40. The van der Waals surface area contributed by atoms with Crippen molar-refractivity contribution in [2.24, 2.45) is 5.92 Å². The third kappa shape index (κ3) is 0.913. The van der Waals surface area contributed by atoms with Crippen molar-refractivity contribution in [1.82, 2.24) is 0 Å². The van der Waals surface area contributed by atoms with E-state index in [1.807, 2.05) is 0 Å². The topological polar surface area (TPSA) is 77.8 Å². The highest BCUT2D eigenvalue weighted by atomic mass is 16.4. The second-order valence-corrected chi connectivity index (χ2v) is 2.14. The molecular weight excluding hydrogens is 136 g/mol. The molecule has 0 unspecified atom stereocenters. The number of rotatable bonds is 3. The van der Waals surface area contributed by atoms with Gasteiger partial charge in [-0.05, 0) is 11.1 Å². The Morgan fingerprint density at radius 1 is 1.30 bits per heavy atom. The highest BCUT2D eigenvalue weighted by Crippen LogP contribution is 2.38. The Morgan fingerprint density at radius 3 is 1.80 bits per heavy atom. The van der Waals surface area contributed by atoms with E-state index in [1.165, 1.54) is 0 Å². The number of aliphatic carboxylic acids is 1. The summed E-state index contributed by atoms with van der Waals surface area (Å²) in [5.41, 5.74) is 0.907. The molecule has 1 rings (SSSR count). The van der Waals surface area contributed by atoms with Gasteiger partial charge in [-0.3, -0.25) is 4.79 Å². The minimum Gasteiger partial charge on any atom is -0.481 e. The van der Waals surface area contributed by atoms with E-state index in [-0.39, 0.29) is 13.2 Å². The summed E-state index contributed by atoms with van der Waals surface area (Å²) in [6, 6.07) is 0. The van der Waals surface area contributed by atoms with Crippen LogP contribution in [0.25, 0.3) is 0 Å². The minimum absolute atomic E-state index is 0.257. The van der Waals surface area contributed by atoms with Crippen molar-refractivity contribution in [1.29, 1.82) is 0 Å². The van der Waals surface area contributed by atoms with E-state index in [1.54, 1.807) is 0 Å². The average molecular weight is 144 g/mol. The number of hydrogen-bond acceptors (Lipinski definition) is 3. The molecule has 0 fully saturated rings. The third-order valence-corrected chi connectivity index (χ3v) is 1.61. The van der Waals surface area contributed by atoms with Gasteiger partial charge in [-0.15, -0.1) is 0 Å². The lowest BCUT2D eigenvalue weighted by molar-refractivity contribution is -0.138. The molecule has 4 nitrogen and oxygen atoms in total. The Balaban J connectivity index is 2.55.